The molecule has 0 bridgehead atoms. The summed E-state index contributed by atoms with van der Waals surface area (Å²) in [6, 6.07) is 13.4. The number of fused-ring (bicyclic) bond motifs is 1. The number of aliphatic hydroxyl groups is 1. The Morgan fingerprint density at radius 1 is 1.19 bits per heavy atom. The van der Waals surface area contributed by atoms with E-state index < -0.39 is 6.10 Å². The molecule has 1 aliphatic heterocycles. The summed E-state index contributed by atoms with van der Waals surface area (Å²) in [6.07, 6.45) is 1.38. The second kappa shape index (κ2) is 5.49. The summed E-state index contributed by atoms with van der Waals surface area (Å²) in [5.41, 5.74) is 3.53. The summed E-state index contributed by atoms with van der Waals surface area (Å²) in [7, 11) is 0. The van der Waals surface area contributed by atoms with Crippen LogP contribution in [-0.2, 0) is 6.42 Å². The monoisotopic (exact) mass is 285 g/mol. The lowest BCUT2D eigenvalue weighted by atomic mass is 9.95. The van der Waals surface area contributed by atoms with Crippen molar-refractivity contribution < 1.29 is 9.50 Å². The van der Waals surface area contributed by atoms with Crippen LogP contribution in [0.15, 0.2) is 42.5 Å². The van der Waals surface area contributed by atoms with Gasteiger partial charge >= 0.3 is 0 Å². The average Bonchev–Trinajstić information content (AvgIpc) is 2.48. The Balaban J connectivity index is 2.07. The molecule has 0 fully saturated rings. The lowest BCUT2D eigenvalue weighted by Gasteiger charge is -2.37. The lowest BCUT2D eigenvalue weighted by molar-refractivity contribution is 0.199. The van der Waals surface area contributed by atoms with Gasteiger partial charge in [-0.05, 0) is 56.0 Å². The third-order valence-corrected chi connectivity index (χ3v) is 4.24. The maximum atomic E-state index is 14.5. The summed E-state index contributed by atoms with van der Waals surface area (Å²) in [6.45, 7) is 3.77. The van der Waals surface area contributed by atoms with Gasteiger partial charge in [-0.3, -0.25) is 0 Å². The van der Waals surface area contributed by atoms with Crippen LogP contribution in [0, 0.1) is 5.82 Å². The Kier molecular flexibility index (Phi) is 3.68. The summed E-state index contributed by atoms with van der Waals surface area (Å²) in [5, 5.41) is 9.58. The van der Waals surface area contributed by atoms with Crippen LogP contribution in [0.5, 0.6) is 0 Å². The first-order chi connectivity index (χ1) is 10.1. The minimum Gasteiger partial charge on any atom is -0.389 e. The quantitative estimate of drug-likeness (QED) is 0.886. The highest BCUT2D eigenvalue weighted by molar-refractivity contribution is 5.69. The topological polar surface area (TPSA) is 23.5 Å². The Morgan fingerprint density at radius 2 is 1.95 bits per heavy atom. The Bertz CT molecular complexity index is 653. The number of anilines is 2. The highest BCUT2D eigenvalue weighted by atomic mass is 19.1. The Morgan fingerprint density at radius 3 is 2.67 bits per heavy atom. The molecule has 1 aliphatic rings. The molecule has 0 saturated carbocycles. The average molecular weight is 285 g/mol. The minimum absolute atomic E-state index is 0.256. The first-order valence-corrected chi connectivity index (χ1v) is 7.42. The molecule has 0 radical (unpaired) electrons. The van der Waals surface area contributed by atoms with E-state index >= 15 is 0 Å². The zero-order chi connectivity index (χ0) is 15.0. The summed E-state index contributed by atoms with van der Waals surface area (Å²) < 4.78 is 14.5. The van der Waals surface area contributed by atoms with Crippen molar-refractivity contribution >= 4 is 11.4 Å². The molecule has 1 heterocycles. The molecule has 2 aromatic rings. The highest BCUT2D eigenvalue weighted by Crippen LogP contribution is 2.38. The number of halogens is 1. The molecule has 0 saturated heterocycles. The van der Waals surface area contributed by atoms with Crippen molar-refractivity contribution in [2.75, 3.05) is 4.90 Å². The molecule has 21 heavy (non-hydrogen) atoms. The maximum Gasteiger partial charge on any atom is 0.147 e. The van der Waals surface area contributed by atoms with Gasteiger partial charge < -0.3 is 10.0 Å². The molecule has 3 heteroatoms. The predicted octanol–water partition coefficient (Wildman–Crippen LogP) is 4.35. The van der Waals surface area contributed by atoms with Crippen molar-refractivity contribution in [3.05, 3.63) is 59.4 Å². The van der Waals surface area contributed by atoms with Crippen molar-refractivity contribution in [2.24, 2.45) is 0 Å². The van der Waals surface area contributed by atoms with Crippen molar-refractivity contribution in [3.8, 4) is 0 Å². The fourth-order valence-corrected chi connectivity index (χ4v) is 3.03. The molecule has 3 rings (SSSR count). The minimum atomic E-state index is -0.653. The van der Waals surface area contributed by atoms with Gasteiger partial charge in [-0.15, -0.1) is 0 Å². The van der Waals surface area contributed by atoms with E-state index in [9.17, 15) is 9.50 Å². The van der Waals surface area contributed by atoms with Gasteiger partial charge in [0.1, 0.15) is 5.82 Å². The number of rotatable bonds is 2. The van der Waals surface area contributed by atoms with Crippen molar-refractivity contribution in [1.82, 2.24) is 0 Å². The predicted molar refractivity (Wildman–Crippen MR) is 83.4 cm³/mol. The van der Waals surface area contributed by atoms with Crippen LogP contribution in [-0.4, -0.2) is 11.1 Å². The number of benzene rings is 2. The SMILES string of the molecule is CC1CCc2ccccc2N1c1ccc([C@H](C)O)cc1F. The maximum absolute atomic E-state index is 14.5. The number of para-hydroxylation sites is 1. The molecule has 2 aromatic carbocycles. The third-order valence-electron chi connectivity index (χ3n) is 4.24. The van der Waals surface area contributed by atoms with E-state index in [0.29, 0.717) is 11.3 Å². The lowest BCUT2D eigenvalue weighted by Crippen LogP contribution is -2.33. The number of hydrogen-bond donors (Lipinski definition) is 1. The zero-order valence-corrected chi connectivity index (χ0v) is 12.4. The van der Waals surface area contributed by atoms with Gasteiger partial charge in [0.2, 0.25) is 0 Å². The normalized spacial score (nSPS) is 19.2. The second-order valence-corrected chi connectivity index (χ2v) is 5.77. The highest BCUT2D eigenvalue weighted by Gasteiger charge is 2.26. The molecule has 1 unspecified atom stereocenters. The van der Waals surface area contributed by atoms with E-state index in [-0.39, 0.29) is 11.9 Å². The first-order valence-electron chi connectivity index (χ1n) is 7.42. The van der Waals surface area contributed by atoms with Crippen LogP contribution >= 0.6 is 0 Å². The van der Waals surface area contributed by atoms with Crippen LogP contribution in [0.3, 0.4) is 0 Å². The van der Waals surface area contributed by atoms with E-state index in [1.54, 1.807) is 19.1 Å². The van der Waals surface area contributed by atoms with E-state index in [0.717, 1.165) is 18.5 Å². The molecular weight excluding hydrogens is 265 g/mol. The van der Waals surface area contributed by atoms with Crippen LogP contribution in [0.4, 0.5) is 15.8 Å². The smallest absolute Gasteiger partial charge is 0.147 e. The van der Waals surface area contributed by atoms with Gasteiger partial charge in [-0.1, -0.05) is 24.3 Å². The number of aliphatic hydroxyl groups excluding tert-OH is 1. The van der Waals surface area contributed by atoms with E-state index in [2.05, 4.69) is 17.9 Å². The summed E-state index contributed by atoms with van der Waals surface area (Å²) in [5.74, 6) is -0.281. The van der Waals surface area contributed by atoms with Crippen LogP contribution in [0.2, 0.25) is 0 Å². The van der Waals surface area contributed by atoms with E-state index in [4.69, 9.17) is 0 Å². The van der Waals surface area contributed by atoms with Crippen LogP contribution in [0.25, 0.3) is 0 Å². The standard InChI is InChI=1S/C18H20FNO/c1-12-7-8-14-5-3-4-6-17(14)20(12)18-10-9-15(13(2)21)11-16(18)19/h3-6,9-13,21H,7-8H2,1-2H3/t12?,13-/m0/s1. The number of nitrogens with zero attached hydrogens (tertiary/aromatic N) is 1. The molecule has 0 aromatic heterocycles. The fraction of sp³-hybridized carbons (Fsp3) is 0.333. The Labute approximate surface area is 124 Å². The molecule has 0 amide bonds. The second-order valence-electron chi connectivity index (χ2n) is 5.77. The molecule has 2 nitrogen and oxygen atoms in total. The van der Waals surface area contributed by atoms with E-state index in [1.165, 1.54) is 11.6 Å². The molecule has 2 atom stereocenters. The number of hydrogen-bond acceptors (Lipinski definition) is 2. The van der Waals surface area contributed by atoms with Crippen LogP contribution < -0.4 is 4.90 Å². The van der Waals surface area contributed by atoms with Gasteiger partial charge in [-0.25, -0.2) is 4.39 Å². The van der Waals surface area contributed by atoms with Gasteiger partial charge in [0.15, 0.2) is 0 Å². The molecule has 0 aliphatic carbocycles. The van der Waals surface area contributed by atoms with Crippen molar-refractivity contribution in [2.45, 2.75) is 38.8 Å². The van der Waals surface area contributed by atoms with Crippen LogP contribution in [0.1, 0.15) is 37.5 Å². The zero-order valence-electron chi connectivity index (χ0n) is 12.4. The molecule has 110 valence electrons. The Hall–Kier alpha value is -1.87. The van der Waals surface area contributed by atoms with Gasteiger partial charge in [-0.2, -0.15) is 0 Å². The van der Waals surface area contributed by atoms with Crippen molar-refractivity contribution in [1.29, 1.82) is 0 Å². The van der Waals surface area contributed by atoms with Crippen molar-refractivity contribution in [3.63, 3.8) is 0 Å². The fourth-order valence-electron chi connectivity index (χ4n) is 3.03. The largest absolute Gasteiger partial charge is 0.389 e. The molecular formula is C18H20FNO. The van der Waals surface area contributed by atoms with E-state index in [1.807, 2.05) is 18.2 Å². The van der Waals surface area contributed by atoms with Gasteiger partial charge in [0, 0.05) is 11.7 Å². The first kappa shape index (κ1) is 14.1. The third kappa shape index (κ3) is 2.54. The molecule has 1 N–H and O–H groups in total. The van der Waals surface area contributed by atoms with Gasteiger partial charge in [0.05, 0.1) is 11.8 Å². The van der Waals surface area contributed by atoms with Gasteiger partial charge in [0.25, 0.3) is 0 Å². The molecule has 0 spiro atoms. The summed E-state index contributed by atoms with van der Waals surface area (Å²) in [4.78, 5) is 2.07. The number of aryl methyl sites for hydroxylation is 1. The summed E-state index contributed by atoms with van der Waals surface area (Å²) >= 11 is 0.